The third kappa shape index (κ3) is 10.3. The molecular weight excluding hydrogens is 545 g/mol. The molecule has 1 saturated heterocycles. The zero-order chi connectivity index (χ0) is 30.5. The lowest BCUT2D eigenvalue weighted by Gasteiger charge is -2.27. The number of unbranched alkanes of at least 4 members (excludes halogenated alkanes) is 1. The third-order valence-corrected chi connectivity index (χ3v) is 5.99. The molecule has 2 atom stereocenters. The van der Waals surface area contributed by atoms with Crippen LogP contribution in [0.15, 0.2) is 24.5 Å². The SMILES string of the molecule is COCCCNc1nc(Nc2ccnc(OC)c2)ncc1C#CCCCNC(=O)[C@@H]1C[C@H](F)CN1C(=O)OC(C)(C)C. The lowest BCUT2D eigenvalue weighted by molar-refractivity contribution is -0.125. The van der Waals surface area contributed by atoms with E-state index in [4.69, 9.17) is 14.2 Å². The number of ether oxygens (including phenoxy) is 3. The molecule has 1 fully saturated rings. The zero-order valence-corrected chi connectivity index (χ0v) is 24.8. The number of rotatable bonds is 12. The number of hydrogen-bond donors (Lipinski definition) is 3. The first-order valence-corrected chi connectivity index (χ1v) is 13.9. The Kier molecular flexibility index (Phi) is 12.1. The molecule has 1 aliphatic rings. The summed E-state index contributed by atoms with van der Waals surface area (Å²) in [5.41, 5.74) is 0.615. The highest BCUT2D eigenvalue weighted by molar-refractivity contribution is 5.86. The van der Waals surface area contributed by atoms with Gasteiger partial charge in [-0.1, -0.05) is 11.8 Å². The van der Waals surface area contributed by atoms with E-state index < -0.39 is 29.8 Å². The van der Waals surface area contributed by atoms with Gasteiger partial charge in [0.2, 0.25) is 17.7 Å². The molecule has 228 valence electrons. The Labute approximate surface area is 246 Å². The third-order valence-electron chi connectivity index (χ3n) is 5.99. The summed E-state index contributed by atoms with van der Waals surface area (Å²) in [6.07, 6.45) is 3.09. The average molecular weight is 586 g/mol. The van der Waals surface area contributed by atoms with Crippen molar-refractivity contribution in [2.24, 2.45) is 0 Å². The second kappa shape index (κ2) is 15.7. The van der Waals surface area contributed by atoms with Crippen LogP contribution in [-0.2, 0) is 14.3 Å². The standard InChI is InChI=1S/C29H40FN7O5/c1-29(2,3)42-28(39)37-19-21(30)16-23(37)26(38)33-12-8-6-7-10-20-18-34-27(36-25(20)32-13-9-15-40-4)35-22-11-14-31-24(17-22)41-5/h11,14,17-18,21,23H,6,8-9,12-13,15-16,19H2,1-5H3,(H,33,38)(H2,31,32,34,35,36)/t21-,23-/m0/s1. The molecular formula is C29H40FN7O5. The Morgan fingerprint density at radius 1 is 1.19 bits per heavy atom. The second-order valence-corrected chi connectivity index (χ2v) is 10.6. The van der Waals surface area contributed by atoms with Gasteiger partial charge in [-0.3, -0.25) is 9.69 Å². The number of nitrogens with one attached hydrogen (secondary N) is 3. The van der Waals surface area contributed by atoms with Gasteiger partial charge >= 0.3 is 6.09 Å². The number of amides is 2. The maximum atomic E-state index is 14.1. The summed E-state index contributed by atoms with van der Waals surface area (Å²) < 4.78 is 29.7. The number of pyridine rings is 1. The van der Waals surface area contributed by atoms with Gasteiger partial charge in [-0.05, 0) is 39.7 Å². The van der Waals surface area contributed by atoms with E-state index in [1.165, 1.54) is 0 Å². The van der Waals surface area contributed by atoms with Gasteiger partial charge < -0.3 is 30.2 Å². The van der Waals surface area contributed by atoms with Crippen molar-refractivity contribution >= 4 is 29.5 Å². The van der Waals surface area contributed by atoms with E-state index in [0.29, 0.717) is 55.7 Å². The molecule has 0 saturated carbocycles. The van der Waals surface area contributed by atoms with Crippen LogP contribution in [0.1, 0.15) is 52.0 Å². The molecule has 0 spiro atoms. The molecule has 0 aliphatic carbocycles. The molecule has 0 radical (unpaired) electrons. The Balaban J connectivity index is 1.56. The number of hydrogen-bond acceptors (Lipinski definition) is 10. The van der Waals surface area contributed by atoms with Crippen molar-refractivity contribution in [3.63, 3.8) is 0 Å². The Hall–Kier alpha value is -4.18. The second-order valence-electron chi connectivity index (χ2n) is 10.6. The fourth-order valence-electron chi connectivity index (χ4n) is 4.04. The van der Waals surface area contributed by atoms with Crippen LogP contribution in [-0.4, -0.2) is 90.1 Å². The number of halogens is 1. The van der Waals surface area contributed by atoms with Gasteiger partial charge in [0.1, 0.15) is 23.6 Å². The van der Waals surface area contributed by atoms with Gasteiger partial charge in [0.25, 0.3) is 0 Å². The van der Waals surface area contributed by atoms with E-state index >= 15 is 0 Å². The largest absolute Gasteiger partial charge is 0.481 e. The number of carbonyl (C=O) groups excluding carboxylic acids is 2. The first-order valence-electron chi connectivity index (χ1n) is 13.9. The number of anilines is 3. The quantitative estimate of drug-likeness (QED) is 0.250. The molecule has 0 bridgehead atoms. The number of aromatic nitrogens is 3. The van der Waals surface area contributed by atoms with Crippen LogP contribution in [0.25, 0.3) is 0 Å². The lowest BCUT2D eigenvalue weighted by atomic mass is 10.2. The first-order chi connectivity index (χ1) is 20.1. The molecule has 0 aromatic carbocycles. The van der Waals surface area contributed by atoms with E-state index in [2.05, 4.69) is 42.7 Å². The molecule has 13 heteroatoms. The number of methoxy groups -OCH3 is 2. The number of likely N-dealkylation sites (tertiary alicyclic amines) is 1. The molecule has 0 unspecified atom stereocenters. The minimum Gasteiger partial charge on any atom is -0.481 e. The predicted octanol–water partition coefficient (Wildman–Crippen LogP) is 3.67. The predicted molar refractivity (Wildman–Crippen MR) is 156 cm³/mol. The maximum absolute atomic E-state index is 14.1. The van der Waals surface area contributed by atoms with Crippen molar-refractivity contribution in [1.82, 2.24) is 25.2 Å². The van der Waals surface area contributed by atoms with Gasteiger partial charge in [0.05, 0.1) is 25.4 Å². The monoisotopic (exact) mass is 585 g/mol. The Morgan fingerprint density at radius 3 is 2.74 bits per heavy atom. The average Bonchev–Trinajstić information content (AvgIpc) is 3.35. The maximum Gasteiger partial charge on any atom is 0.411 e. The summed E-state index contributed by atoms with van der Waals surface area (Å²) >= 11 is 0. The summed E-state index contributed by atoms with van der Waals surface area (Å²) in [7, 11) is 3.19. The van der Waals surface area contributed by atoms with E-state index in [9.17, 15) is 14.0 Å². The highest BCUT2D eigenvalue weighted by Gasteiger charge is 2.41. The number of carbonyl (C=O) groups is 2. The first kappa shape index (κ1) is 32.3. The number of nitrogens with zero attached hydrogens (tertiary/aromatic N) is 4. The fourth-order valence-corrected chi connectivity index (χ4v) is 4.04. The molecule has 3 heterocycles. The molecule has 42 heavy (non-hydrogen) atoms. The molecule has 3 rings (SSSR count). The van der Waals surface area contributed by atoms with Crippen molar-refractivity contribution in [2.75, 3.05) is 51.1 Å². The molecule has 3 N–H and O–H groups in total. The molecule has 1 aliphatic heterocycles. The smallest absolute Gasteiger partial charge is 0.411 e. The number of alkyl halides is 1. The molecule has 2 aromatic rings. The van der Waals surface area contributed by atoms with Crippen molar-refractivity contribution in [3.8, 4) is 17.7 Å². The summed E-state index contributed by atoms with van der Waals surface area (Å²) in [4.78, 5) is 39.4. The van der Waals surface area contributed by atoms with Gasteiger partial charge in [-0.15, -0.1) is 0 Å². The zero-order valence-electron chi connectivity index (χ0n) is 24.8. The van der Waals surface area contributed by atoms with E-state index in [0.717, 1.165) is 17.0 Å². The van der Waals surface area contributed by atoms with Crippen molar-refractivity contribution in [3.05, 3.63) is 30.1 Å². The van der Waals surface area contributed by atoms with Crippen molar-refractivity contribution in [2.45, 2.75) is 64.3 Å². The molecule has 2 aromatic heterocycles. The Bertz CT molecular complexity index is 1260. The van der Waals surface area contributed by atoms with E-state index in [1.54, 1.807) is 59.5 Å². The fraction of sp³-hybridized carbons (Fsp3) is 0.552. The van der Waals surface area contributed by atoms with Gasteiger partial charge in [-0.2, -0.15) is 4.98 Å². The topological polar surface area (TPSA) is 140 Å². The van der Waals surface area contributed by atoms with Crippen LogP contribution < -0.4 is 20.7 Å². The lowest BCUT2D eigenvalue weighted by Crippen LogP contribution is -2.47. The van der Waals surface area contributed by atoms with Crippen molar-refractivity contribution in [1.29, 1.82) is 0 Å². The Morgan fingerprint density at radius 2 is 2.00 bits per heavy atom. The normalized spacial score (nSPS) is 16.3. The highest BCUT2D eigenvalue weighted by Crippen LogP contribution is 2.24. The summed E-state index contributed by atoms with van der Waals surface area (Å²) in [5, 5.41) is 9.21. The van der Waals surface area contributed by atoms with Crippen LogP contribution in [0.5, 0.6) is 5.88 Å². The van der Waals surface area contributed by atoms with Crippen LogP contribution in [0.3, 0.4) is 0 Å². The van der Waals surface area contributed by atoms with Gasteiger partial charge in [-0.25, -0.2) is 19.2 Å². The van der Waals surface area contributed by atoms with Gasteiger partial charge in [0.15, 0.2) is 0 Å². The molecule has 2 amide bonds. The van der Waals surface area contributed by atoms with Crippen LogP contribution in [0, 0.1) is 11.8 Å². The minimum absolute atomic E-state index is 0.0510. The van der Waals surface area contributed by atoms with Crippen LogP contribution in [0.2, 0.25) is 0 Å². The highest BCUT2D eigenvalue weighted by atomic mass is 19.1. The van der Waals surface area contributed by atoms with Crippen LogP contribution in [0.4, 0.5) is 26.6 Å². The van der Waals surface area contributed by atoms with Crippen molar-refractivity contribution < 1.29 is 28.2 Å². The van der Waals surface area contributed by atoms with Gasteiger partial charge in [0, 0.05) is 57.6 Å². The van der Waals surface area contributed by atoms with E-state index in [-0.39, 0.29) is 13.0 Å². The summed E-state index contributed by atoms with van der Waals surface area (Å²) in [6, 6.07) is 2.62. The summed E-state index contributed by atoms with van der Waals surface area (Å²) in [6.45, 7) is 6.59. The van der Waals surface area contributed by atoms with Crippen LogP contribution >= 0.6 is 0 Å². The summed E-state index contributed by atoms with van der Waals surface area (Å²) in [5.74, 6) is 7.22. The molecule has 12 nitrogen and oxygen atoms in total. The van der Waals surface area contributed by atoms with E-state index in [1.807, 2.05) is 0 Å². The minimum atomic E-state index is -1.27.